The predicted molar refractivity (Wildman–Crippen MR) is 49.6 cm³/mol. The average Bonchev–Trinajstić information content (AvgIpc) is 1.79. The minimum atomic E-state index is -0.0191. The fourth-order valence-corrected chi connectivity index (χ4v) is 0.587. The van der Waals surface area contributed by atoms with Gasteiger partial charge in [0.05, 0.1) is 6.54 Å². The lowest BCUT2D eigenvalue weighted by atomic mass is 10.1. The van der Waals surface area contributed by atoms with Crippen molar-refractivity contribution in [3.05, 3.63) is 12.7 Å². The number of nitrogens with one attached hydrogen (secondary N) is 1. The van der Waals surface area contributed by atoms with Crippen LogP contribution < -0.4 is 11.1 Å². The van der Waals surface area contributed by atoms with Gasteiger partial charge < -0.3 is 11.1 Å². The van der Waals surface area contributed by atoms with E-state index in [0.29, 0.717) is 12.5 Å². The number of rotatable bonds is 2. The van der Waals surface area contributed by atoms with Crippen LogP contribution in [0.2, 0.25) is 0 Å². The van der Waals surface area contributed by atoms with Crippen molar-refractivity contribution in [1.29, 1.82) is 0 Å². The van der Waals surface area contributed by atoms with Gasteiger partial charge >= 0.3 is 0 Å². The first-order valence-electron chi connectivity index (χ1n) is 3.65. The molecular weight excluding hydrogens is 138 g/mol. The molecule has 0 saturated carbocycles. The molecular formula is C8H17N3. The fraction of sp³-hybridized carbons (Fsp3) is 0.625. The molecule has 0 aromatic carbocycles. The molecule has 11 heavy (non-hydrogen) atoms. The molecule has 0 radical (unpaired) electrons. The van der Waals surface area contributed by atoms with Gasteiger partial charge in [0.2, 0.25) is 0 Å². The molecule has 0 fully saturated rings. The second-order valence-corrected chi connectivity index (χ2v) is 3.39. The summed E-state index contributed by atoms with van der Waals surface area (Å²) in [6.45, 7) is 10.2. The smallest absolute Gasteiger partial charge is 0.189 e. The van der Waals surface area contributed by atoms with Gasteiger partial charge in [-0.25, -0.2) is 4.99 Å². The van der Waals surface area contributed by atoms with E-state index in [-0.39, 0.29) is 5.54 Å². The van der Waals surface area contributed by atoms with Crippen LogP contribution in [0.4, 0.5) is 0 Å². The summed E-state index contributed by atoms with van der Waals surface area (Å²) in [7, 11) is 0. The largest absolute Gasteiger partial charge is 0.370 e. The Morgan fingerprint density at radius 1 is 1.64 bits per heavy atom. The van der Waals surface area contributed by atoms with E-state index in [1.165, 1.54) is 0 Å². The zero-order valence-electron chi connectivity index (χ0n) is 7.52. The zero-order valence-corrected chi connectivity index (χ0v) is 7.52. The van der Waals surface area contributed by atoms with Crippen molar-refractivity contribution < 1.29 is 0 Å². The van der Waals surface area contributed by atoms with Crippen LogP contribution in [0, 0.1) is 0 Å². The Hall–Kier alpha value is -0.990. The molecule has 0 aliphatic rings. The van der Waals surface area contributed by atoms with Crippen LogP contribution in [0.5, 0.6) is 0 Å². The first-order chi connectivity index (χ1) is 4.95. The summed E-state index contributed by atoms with van der Waals surface area (Å²) in [5, 5.41) is 3.03. The molecule has 64 valence electrons. The van der Waals surface area contributed by atoms with Crippen molar-refractivity contribution in [2.24, 2.45) is 10.7 Å². The summed E-state index contributed by atoms with van der Waals surface area (Å²) in [6.07, 6.45) is 1.71. The number of hydrogen-bond donors (Lipinski definition) is 2. The predicted octanol–water partition coefficient (Wildman–Crippen LogP) is 0.875. The van der Waals surface area contributed by atoms with Gasteiger partial charge in [-0.05, 0) is 20.8 Å². The highest BCUT2D eigenvalue weighted by Gasteiger charge is 2.08. The second kappa shape index (κ2) is 4.01. The molecule has 0 amide bonds. The number of aliphatic imine (C=N–C) groups is 1. The maximum atomic E-state index is 5.54. The van der Waals surface area contributed by atoms with Gasteiger partial charge in [-0.1, -0.05) is 6.08 Å². The Bertz CT molecular complexity index is 153. The van der Waals surface area contributed by atoms with Crippen molar-refractivity contribution in [3.63, 3.8) is 0 Å². The van der Waals surface area contributed by atoms with Crippen LogP contribution in [0.1, 0.15) is 20.8 Å². The van der Waals surface area contributed by atoms with E-state index in [9.17, 15) is 0 Å². The lowest BCUT2D eigenvalue weighted by Crippen LogP contribution is -2.45. The third kappa shape index (κ3) is 6.90. The first-order valence-corrected chi connectivity index (χ1v) is 3.65. The minimum absolute atomic E-state index is 0.0191. The average molecular weight is 155 g/mol. The second-order valence-electron chi connectivity index (χ2n) is 3.39. The monoisotopic (exact) mass is 155 g/mol. The van der Waals surface area contributed by atoms with E-state index in [1.807, 2.05) is 20.8 Å². The van der Waals surface area contributed by atoms with E-state index in [4.69, 9.17) is 5.73 Å². The molecule has 3 N–H and O–H groups in total. The van der Waals surface area contributed by atoms with Gasteiger partial charge in [-0.2, -0.15) is 0 Å². The molecule has 0 atom stereocenters. The van der Waals surface area contributed by atoms with Crippen LogP contribution in [-0.4, -0.2) is 18.0 Å². The van der Waals surface area contributed by atoms with Crippen molar-refractivity contribution in [1.82, 2.24) is 5.32 Å². The third-order valence-corrected chi connectivity index (χ3v) is 0.894. The SMILES string of the molecule is C=CCN=C(N)NC(C)(C)C. The summed E-state index contributed by atoms with van der Waals surface area (Å²) in [6, 6.07) is 0. The molecule has 0 aromatic heterocycles. The fourth-order valence-electron chi connectivity index (χ4n) is 0.587. The standard InChI is InChI=1S/C8H17N3/c1-5-6-10-7(9)11-8(2,3)4/h5H,1,6H2,2-4H3,(H3,9,10,11). The van der Waals surface area contributed by atoms with Gasteiger partial charge in [-0.3, -0.25) is 0 Å². The van der Waals surface area contributed by atoms with E-state index in [1.54, 1.807) is 6.08 Å². The molecule has 0 aliphatic carbocycles. The van der Waals surface area contributed by atoms with Crippen LogP contribution >= 0.6 is 0 Å². The van der Waals surface area contributed by atoms with Gasteiger partial charge in [0.1, 0.15) is 0 Å². The van der Waals surface area contributed by atoms with Crippen molar-refractivity contribution in [2.75, 3.05) is 6.54 Å². The lowest BCUT2D eigenvalue weighted by Gasteiger charge is -2.20. The lowest BCUT2D eigenvalue weighted by molar-refractivity contribution is 0.508. The van der Waals surface area contributed by atoms with E-state index in [2.05, 4.69) is 16.9 Å². The van der Waals surface area contributed by atoms with Crippen LogP contribution in [0.3, 0.4) is 0 Å². The molecule has 0 spiro atoms. The Labute approximate surface area is 68.4 Å². The van der Waals surface area contributed by atoms with Crippen molar-refractivity contribution >= 4 is 5.96 Å². The maximum Gasteiger partial charge on any atom is 0.189 e. The molecule has 0 saturated heterocycles. The molecule has 0 unspecified atom stereocenters. The number of nitrogens with zero attached hydrogens (tertiary/aromatic N) is 1. The summed E-state index contributed by atoms with van der Waals surface area (Å²) in [4.78, 5) is 3.99. The number of nitrogens with two attached hydrogens (primary N) is 1. The molecule has 3 nitrogen and oxygen atoms in total. The number of hydrogen-bond acceptors (Lipinski definition) is 1. The van der Waals surface area contributed by atoms with Gasteiger partial charge in [0, 0.05) is 5.54 Å². The Morgan fingerprint density at radius 2 is 2.18 bits per heavy atom. The van der Waals surface area contributed by atoms with Gasteiger partial charge in [0.15, 0.2) is 5.96 Å². The third-order valence-electron chi connectivity index (χ3n) is 0.894. The summed E-state index contributed by atoms with van der Waals surface area (Å²) in [5.41, 5.74) is 5.52. The molecule has 0 rings (SSSR count). The van der Waals surface area contributed by atoms with E-state index < -0.39 is 0 Å². The highest BCUT2D eigenvalue weighted by molar-refractivity contribution is 5.78. The molecule has 0 aliphatic heterocycles. The van der Waals surface area contributed by atoms with E-state index in [0.717, 1.165) is 0 Å². The first kappa shape index (κ1) is 10.0. The normalized spacial score (nSPS) is 12.8. The number of guanidine groups is 1. The highest BCUT2D eigenvalue weighted by Crippen LogP contribution is 1.96. The van der Waals surface area contributed by atoms with Gasteiger partial charge in [-0.15, -0.1) is 6.58 Å². The van der Waals surface area contributed by atoms with Crippen LogP contribution in [0.15, 0.2) is 17.6 Å². The van der Waals surface area contributed by atoms with E-state index >= 15 is 0 Å². The summed E-state index contributed by atoms with van der Waals surface area (Å²) < 4.78 is 0. The quantitative estimate of drug-likeness (QED) is 0.353. The Morgan fingerprint density at radius 3 is 2.55 bits per heavy atom. The van der Waals surface area contributed by atoms with Crippen molar-refractivity contribution in [2.45, 2.75) is 26.3 Å². The van der Waals surface area contributed by atoms with Crippen molar-refractivity contribution in [3.8, 4) is 0 Å². The summed E-state index contributed by atoms with van der Waals surface area (Å²) >= 11 is 0. The Kier molecular flexibility index (Phi) is 3.65. The highest BCUT2D eigenvalue weighted by atomic mass is 15.1. The minimum Gasteiger partial charge on any atom is -0.370 e. The summed E-state index contributed by atoms with van der Waals surface area (Å²) in [5.74, 6) is 0.470. The van der Waals surface area contributed by atoms with Gasteiger partial charge in [0.25, 0.3) is 0 Å². The molecule has 0 bridgehead atoms. The molecule has 3 heteroatoms. The maximum absolute atomic E-state index is 5.54. The molecule has 0 heterocycles. The van der Waals surface area contributed by atoms with Crippen LogP contribution in [0.25, 0.3) is 0 Å². The zero-order chi connectivity index (χ0) is 8.91. The topological polar surface area (TPSA) is 50.4 Å². The van der Waals surface area contributed by atoms with Crippen LogP contribution in [-0.2, 0) is 0 Å². The Balaban J connectivity index is 3.85. The molecule has 0 aromatic rings.